The summed E-state index contributed by atoms with van der Waals surface area (Å²) in [4.78, 5) is 24.4. The molecular weight excluding hydrogens is 328 g/mol. The van der Waals surface area contributed by atoms with Gasteiger partial charge in [-0.05, 0) is 50.1 Å². The summed E-state index contributed by atoms with van der Waals surface area (Å²) in [5, 5.41) is 3.25. The van der Waals surface area contributed by atoms with Gasteiger partial charge in [0, 0.05) is 16.4 Å². The third-order valence-electron chi connectivity index (χ3n) is 3.72. The molecule has 0 saturated carbocycles. The Morgan fingerprint density at radius 3 is 2.54 bits per heavy atom. The molecule has 0 aliphatic carbocycles. The van der Waals surface area contributed by atoms with Gasteiger partial charge in [0.15, 0.2) is 6.10 Å². The number of nitrogens with one attached hydrogen (secondary N) is 1. The predicted octanol–water partition coefficient (Wildman–Crippen LogP) is 3.72. The number of esters is 1. The van der Waals surface area contributed by atoms with E-state index in [2.05, 4.69) is 5.32 Å². The molecule has 0 fully saturated rings. The zero-order valence-electron chi connectivity index (χ0n) is 13.7. The predicted molar refractivity (Wildman–Crippen MR) is 95.3 cm³/mol. The van der Waals surface area contributed by atoms with E-state index < -0.39 is 18.0 Å². The number of benzene rings is 2. The molecule has 6 heteroatoms. The van der Waals surface area contributed by atoms with Crippen molar-refractivity contribution in [1.82, 2.24) is 0 Å². The van der Waals surface area contributed by atoms with Crippen LogP contribution in [0.5, 0.6) is 0 Å². The van der Waals surface area contributed by atoms with Crippen LogP contribution in [0.1, 0.15) is 28.4 Å². The van der Waals surface area contributed by atoms with E-state index in [0.29, 0.717) is 16.4 Å². The molecule has 0 aromatic heterocycles. The summed E-state index contributed by atoms with van der Waals surface area (Å²) >= 11 is 6.02. The smallest absolute Gasteiger partial charge is 0.341 e. The molecule has 0 radical (unpaired) electrons. The van der Waals surface area contributed by atoms with Gasteiger partial charge in [0.1, 0.15) is 0 Å². The van der Waals surface area contributed by atoms with Crippen molar-refractivity contribution in [3.8, 4) is 0 Å². The first-order chi connectivity index (χ1) is 11.3. The molecule has 5 nitrogen and oxygen atoms in total. The number of nitrogens with two attached hydrogens (primary N) is 1. The Hall–Kier alpha value is -2.53. The molecule has 0 aliphatic rings. The second kappa shape index (κ2) is 7.36. The molecule has 0 saturated heterocycles. The number of anilines is 2. The third kappa shape index (κ3) is 3.86. The molecule has 2 aromatic rings. The Labute approximate surface area is 145 Å². The summed E-state index contributed by atoms with van der Waals surface area (Å²) in [6, 6.07) is 10.3. The van der Waals surface area contributed by atoms with E-state index in [1.807, 2.05) is 0 Å². The maximum Gasteiger partial charge on any atom is 0.341 e. The molecule has 24 heavy (non-hydrogen) atoms. The lowest BCUT2D eigenvalue weighted by Crippen LogP contribution is -2.30. The Morgan fingerprint density at radius 2 is 1.83 bits per heavy atom. The SMILES string of the molecule is Cc1cccc(C(=O)O[C@@H](C)C(=O)Nc2cccc(Cl)c2C)c1N. The van der Waals surface area contributed by atoms with Crippen LogP contribution in [0.4, 0.5) is 11.4 Å². The first-order valence-corrected chi connectivity index (χ1v) is 7.81. The van der Waals surface area contributed by atoms with Gasteiger partial charge in [0.05, 0.1) is 5.56 Å². The van der Waals surface area contributed by atoms with Crippen LogP contribution in [-0.2, 0) is 9.53 Å². The normalized spacial score (nSPS) is 11.7. The number of hydrogen-bond acceptors (Lipinski definition) is 4. The van der Waals surface area contributed by atoms with Gasteiger partial charge < -0.3 is 15.8 Å². The fourth-order valence-corrected chi connectivity index (χ4v) is 2.29. The summed E-state index contributed by atoms with van der Waals surface area (Å²) in [6.07, 6.45) is -0.976. The van der Waals surface area contributed by atoms with Crippen LogP contribution in [0.3, 0.4) is 0 Å². The van der Waals surface area contributed by atoms with Crippen molar-refractivity contribution >= 4 is 34.9 Å². The minimum Gasteiger partial charge on any atom is -0.449 e. The van der Waals surface area contributed by atoms with Crippen molar-refractivity contribution in [2.75, 3.05) is 11.1 Å². The quantitative estimate of drug-likeness (QED) is 0.653. The highest BCUT2D eigenvalue weighted by atomic mass is 35.5. The third-order valence-corrected chi connectivity index (χ3v) is 4.13. The van der Waals surface area contributed by atoms with Crippen molar-refractivity contribution in [1.29, 1.82) is 0 Å². The number of para-hydroxylation sites is 1. The Kier molecular flexibility index (Phi) is 5.46. The summed E-state index contributed by atoms with van der Waals surface area (Å²) in [6.45, 7) is 5.09. The average Bonchev–Trinajstić information content (AvgIpc) is 2.54. The van der Waals surface area contributed by atoms with Crippen LogP contribution in [0.15, 0.2) is 36.4 Å². The van der Waals surface area contributed by atoms with Gasteiger partial charge in [-0.15, -0.1) is 0 Å². The van der Waals surface area contributed by atoms with Crippen molar-refractivity contribution < 1.29 is 14.3 Å². The number of hydrogen-bond donors (Lipinski definition) is 2. The van der Waals surface area contributed by atoms with Gasteiger partial charge in [-0.25, -0.2) is 4.79 Å². The molecule has 1 amide bonds. The largest absolute Gasteiger partial charge is 0.449 e. The van der Waals surface area contributed by atoms with E-state index in [1.54, 1.807) is 50.2 Å². The summed E-state index contributed by atoms with van der Waals surface area (Å²) in [5.41, 5.74) is 8.56. The number of nitrogen functional groups attached to an aromatic ring is 1. The Balaban J connectivity index is 2.07. The number of ether oxygens (including phenoxy) is 1. The second-order valence-electron chi connectivity index (χ2n) is 5.49. The zero-order valence-corrected chi connectivity index (χ0v) is 14.5. The summed E-state index contributed by atoms with van der Waals surface area (Å²) < 4.78 is 5.21. The van der Waals surface area contributed by atoms with Crippen LogP contribution in [0, 0.1) is 13.8 Å². The second-order valence-corrected chi connectivity index (χ2v) is 5.89. The maximum atomic E-state index is 12.2. The van der Waals surface area contributed by atoms with Crippen LogP contribution in [0.25, 0.3) is 0 Å². The van der Waals surface area contributed by atoms with Crippen LogP contribution in [-0.4, -0.2) is 18.0 Å². The zero-order chi connectivity index (χ0) is 17.9. The Bertz CT molecular complexity index is 790. The molecule has 3 N–H and O–H groups in total. The van der Waals surface area contributed by atoms with Gasteiger partial charge in [-0.1, -0.05) is 29.8 Å². The molecule has 2 aromatic carbocycles. The molecule has 126 valence electrons. The first kappa shape index (κ1) is 17.8. The number of amides is 1. The van der Waals surface area contributed by atoms with E-state index >= 15 is 0 Å². The highest BCUT2D eigenvalue weighted by molar-refractivity contribution is 6.31. The summed E-state index contributed by atoms with van der Waals surface area (Å²) in [5.74, 6) is -1.08. The first-order valence-electron chi connectivity index (χ1n) is 7.43. The molecule has 2 rings (SSSR count). The fraction of sp³-hybridized carbons (Fsp3) is 0.222. The van der Waals surface area contributed by atoms with Gasteiger partial charge in [-0.2, -0.15) is 0 Å². The van der Waals surface area contributed by atoms with Gasteiger partial charge in [0.25, 0.3) is 5.91 Å². The Morgan fingerprint density at radius 1 is 1.17 bits per heavy atom. The van der Waals surface area contributed by atoms with Crippen molar-refractivity contribution in [3.05, 3.63) is 58.1 Å². The lowest BCUT2D eigenvalue weighted by atomic mass is 10.1. The van der Waals surface area contributed by atoms with E-state index in [4.69, 9.17) is 22.1 Å². The van der Waals surface area contributed by atoms with Crippen LogP contribution < -0.4 is 11.1 Å². The van der Waals surface area contributed by atoms with Crippen molar-refractivity contribution in [2.24, 2.45) is 0 Å². The molecule has 0 aliphatic heterocycles. The number of carbonyl (C=O) groups excluding carboxylic acids is 2. The monoisotopic (exact) mass is 346 g/mol. The lowest BCUT2D eigenvalue weighted by Gasteiger charge is -2.16. The topological polar surface area (TPSA) is 81.4 Å². The number of rotatable bonds is 4. The molecule has 0 bridgehead atoms. The average molecular weight is 347 g/mol. The van der Waals surface area contributed by atoms with Gasteiger partial charge >= 0.3 is 5.97 Å². The van der Waals surface area contributed by atoms with E-state index in [1.165, 1.54) is 6.92 Å². The number of aryl methyl sites for hydroxylation is 1. The number of carbonyl (C=O) groups is 2. The highest BCUT2D eigenvalue weighted by Gasteiger charge is 2.21. The van der Waals surface area contributed by atoms with Gasteiger partial charge in [0.2, 0.25) is 0 Å². The minimum atomic E-state index is -0.976. The van der Waals surface area contributed by atoms with E-state index in [0.717, 1.165) is 11.1 Å². The minimum absolute atomic E-state index is 0.244. The number of halogens is 1. The van der Waals surface area contributed by atoms with Gasteiger partial charge in [-0.3, -0.25) is 4.79 Å². The lowest BCUT2D eigenvalue weighted by molar-refractivity contribution is -0.123. The fourth-order valence-electron chi connectivity index (χ4n) is 2.11. The molecule has 0 unspecified atom stereocenters. The standard InChI is InChI=1S/C18H19ClN2O3/c1-10-6-4-7-13(16(10)20)18(23)24-12(3)17(22)21-15-9-5-8-14(19)11(15)2/h4-9,12H,20H2,1-3H3,(H,21,22)/t12-/m0/s1. The molecule has 0 heterocycles. The van der Waals surface area contributed by atoms with E-state index in [-0.39, 0.29) is 5.56 Å². The molecule has 1 atom stereocenters. The van der Waals surface area contributed by atoms with Crippen molar-refractivity contribution in [3.63, 3.8) is 0 Å². The van der Waals surface area contributed by atoms with E-state index in [9.17, 15) is 9.59 Å². The molecular formula is C18H19ClN2O3. The summed E-state index contributed by atoms with van der Waals surface area (Å²) in [7, 11) is 0. The highest BCUT2D eigenvalue weighted by Crippen LogP contribution is 2.23. The van der Waals surface area contributed by atoms with Crippen LogP contribution >= 0.6 is 11.6 Å². The van der Waals surface area contributed by atoms with Crippen LogP contribution in [0.2, 0.25) is 5.02 Å². The maximum absolute atomic E-state index is 12.2. The molecule has 0 spiro atoms. The van der Waals surface area contributed by atoms with Crippen molar-refractivity contribution in [2.45, 2.75) is 26.9 Å².